The number of hydrogen-bond donors (Lipinski definition) is 3. The summed E-state index contributed by atoms with van der Waals surface area (Å²) in [7, 11) is 0. The largest absolute Gasteiger partial charge is 0.326 e. The lowest BCUT2D eigenvalue weighted by atomic mass is 10.0. The molecule has 32 heavy (non-hydrogen) atoms. The molecule has 1 aromatic heterocycles. The summed E-state index contributed by atoms with van der Waals surface area (Å²) in [4.78, 5) is 17.1. The lowest BCUT2D eigenvalue weighted by molar-refractivity contribution is 0.262. The third-order valence-electron chi connectivity index (χ3n) is 5.79. The highest BCUT2D eigenvalue weighted by atomic mass is 16.2. The SMILES string of the molecule is CCCCCCCCCCCc1nc(NC(=O)Nc2c(CCC)cccc2CCC)n[nH]1. The molecule has 0 atom stereocenters. The molecule has 1 aromatic carbocycles. The van der Waals surface area contributed by atoms with Gasteiger partial charge in [-0.3, -0.25) is 10.4 Å². The minimum Gasteiger partial charge on any atom is -0.307 e. The number of carbonyl (C=O) groups excluding carboxylic acids is 1. The molecule has 6 heteroatoms. The zero-order valence-corrected chi connectivity index (χ0v) is 20.4. The molecule has 0 unspecified atom stereocenters. The van der Waals surface area contributed by atoms with E-state index in [-0.39, 0.29) is 6.03 Å². The van der Waals surface area contributed by atoms with Crippen molar-refractivity contribution in [2.24, 2.45) is 0 Å². The Labute approximate surface area is 194 Å². The van der Waals surface area contributed by atoms with E-state index in [0.29, 0.717) is 5.95 Å². The zero-order chi connectivity index (χ0) is 23.0. The molecular formula is C26H43N5O. The molecule has 0 bridgehead atoms. The molecule has 0 saturated heterocycles. The topological polar surface area (TPSA) is 82.7 Å². The normalized spacial score (nSPS) is 11.0. The molecule has 0 aliphatic carbocycles. The van der Waals surface area contributed by atoms with Crippen LogP contribution in [-0.2, 0) is 19.3 Å². The molecule has 2 aromatic rings. The highest BCUT2D eigenvalue weighted by molar-refractivity contribution is 5.99. The molecule has 0 spiro atoms. The van der Waals surface area contributed by atoms with E-state index in [1.165, 1.54) is 62.5 Å². The van der Waals surface area contributed by atoms with Crippen LogP contribution >= 0.6 is 0 Å². The van der Waals surface area contributed by atoms with Crippen LogP contribution in [0.3, 0.4) is 0 Å². The van der Waals surface area contributed by atoms with E-state index in [0.717, 1.165) is 50.0 Å². The summed E-state index contributed by atoms with van der Waals surface area (Å²) in [6.45, 7) is 6.56. The molecular weight excluding hydrogens is 398 g/mol. The van der Waals surface area contributed by atoms with Crippen LogP contribution in [0.5, 0.6) is 0 Å². The van der Waals surface area contributed by atoms with Gasteiger partial charge < -0.3 is 5.32 Å². The Hall–Kier alpha value is -2.37. The second kappa shape index (κ2) is 15.4. The van der Waals surface area contributed by atoms with Gasteiger partial charge in [0.05, 0.1) is 0 Å². The Kier molecular flexibility index (Phi) is 12.5. The van der Waals surface area contributed by atoms with Crippen molar-refractivity contribution in [3.8, 4) is 0 Å². The van der Waals surface area contributed by atoms with Crippen molar-refractivity contribution in [1.29, 1.82) is 0 Å². The highest BCUT2D eigenvalue weighted by Crippen LogP contribution is 2.24. The molecule has 6 nitrogen and oxygen atoms in total. The summed E-state index contributed by atoms with van der Waals surface area (Å²) >= 11 is 0. The fourth-order valence-corrected chi connectivity index (χ4v) is 4.08. The Morgan fingerprint density at radius 1 is 0.781 bits per heavy atom. The van der Waals surface area contributed by atoms with Crippen molar-refractivity contribution in [3.63, 3.8) is 0 Å². The van der Waals surface area contributed by atoms with Crippen LogP contribution in [0.4, 0.5) is 16.4 Å². The van der Waals surface area contributed by atoms with Gasteiger partial charge in [-0.05, 0) is 30.4 Å². The summed E-state index contributed by atoms with van der Waals surface area (Å²) in [5.41, 5.74) is 3.28. The Balaban J connectivity index is 1.76. The Bertz CT molecular complexity index is 762. The molecule has 0 saturated carbocycles. The number of para-hydroxylation sites is 1. The van der Waals surface area contributed by atoms with Gasteiger partial charge in [0, 0.05) is 12.1 Å². The maximum atomic E-state index is 12.6. The molecule has 0 fully saturated rings. The highest BCUT2D eigenvalue weighted by Gasteiger charge is 2.13. The van der Waals surface area contributed by atoms with E-state index < -0.39 is 0 Å². The number of aryl methyl sites for hydroxylation is 3. The molecule has 0 aliphatic rings. The minimum atomic E-state index is -0.292. The molecule has 2 rings (SSSR count). The van der Waals surface area contributed by atoms with E-state index in [1.807, 2.05) is 0 Å². The van der Waals surface area contributed by atoms with Gasteiger partial charge in [0.15, 0.2) is 0 Å². The third-order valence-corrected chi connectivity index (χ3v) is 5.79. The molecule has 2 amide bonds. The Morgan fingerprint density at radius 3 is 1.97 bits per heavy atom. The maximum Gasteiger partial charge on any atom is 0.326 e. The number of nitrogens with one attached hydrogen (secondary N) is 3. The van der Waals surface area contributed by atoms with Gasteiger partial charge in [-0.25, -0.2) is 4.79 Å². The second-order valence-corrected chi connectivity index (χ2v) is 8.71. The number of unbranched alkanes of at least 4 members (excludes halogenated alkanes) is 8. The molecule has 3 N–H and O–H groups in total. The first kappa shape index (κ1) is 25.9. The fourth-order valence-electron chi connectivity index (χ4n) is 4.08. The van der Waals surface area contributed by atoms with E-state index >= 15 is 0 Å². The quantitative estimate of drug-likeness (QED) is 0.237. The smallest absolute Gasteiger partial charge is 0.307 e. The summed E-state index contributed by atoms with van der Waals surface area (Å²) in [5, 5.41) is 13.0. The predicted molar refractivity (Wildman–Crippen MR) is 134 cm³/mol. The van der Waals surface area contributed by atoms with E-state index in [9.17, 15) is 4.79 Å². The van der Waals surface area contributed by atoms with Crippen LogP contribution in [0.25, 0.3) is 0 Å². The van der Waals surface area contributed by atoms with Crippen molar-refractivity contribution in [2.75, 3.05) is 10.6 Å². The van der Waals surface area contributed by atoms with Crippen LogP contribution in [0.1, 0.15) is 108 Å². The number of hydrogen-bond acceptors (Lipinski definition) is 3. The fraction of sp³-hybridized carbons (Fsp3) is 0.654. The predicted octanol–water partition coefficient (Wildman–Crippen LogP) is 7.43. The monoisotopic (exact) mass is 441 g/mol. The lowest BCUT2D eigenvalue weighted by Gasteiger charge is -2.15. The van der Waals surface area contributed by atoms with Crippen LogP contribution in [-0.4, -0.2) is 21.2 Å². The average Bonchev–Trinajstić information content (AvgIpc) is 3.22. The zero-order valence-electron chi connectivity index (χ0n) is 20.4. The number of nitrogens with zero attached hydrogens (tertiary/aromatic N) is 2. The van der Waals surface area contributed by atoms with Crippen molar-refractivity contribution < 1.29 is 4.79 Å². The van der Waals surface area contributed by atoms with Gasteiger partial charge in [0.25, 0.3) is 0 Å². The van der Waals surface area contributed by atoms with E-state index in [4.69, 9.17) is 0 Å². The summed E-state index contributed by atoms with van der Waals surface area (Å²) < 4.78 is 0. The number of H-pyrrole nitrogens is 1. The number of urea groups is 1. The van der Waals surface area contributed by atoms with Gasteiger partial charge in [-0.2, -0.15) is 4.98 Å². The number of rotatable bonds is 16. The van der Waals surface area contributed by atoms with Crippen LogP contribution in [0, 0.1) is 0 Å². The molecule has 0 aliphatic heterocycles. The number of anilines is 2. The van der Waals surface area contributed by atoms with Crippen LogP contribution < -0.4 is 10.6 Å². The summed E-state index contributed by atoms with van der Waals surface area (Å²) in [6.07, 6.45) is 16.5. The first-order valence-corrected chi connectivity index (χ1v) is 12.8. The van der Waals surface area contributed by atoms with E-state index in [2.05, 4.69) is 64.8 Å². The summed E-state index contributed by atoms with van der Waals surface area (Å²) in [5.74, 6) is 1.17. The summed E-state index contributed by atoms with van der Waals surface area (Å²) in [6, 6.07) is 5.97. The standard InChI is InChI=1S/C26H43N5O/c1-4-7-8-9-10-11-12-13-14-20-23-27-25(31-30-23)29-26(32)28-24-21(16-5-2)18-15-19-22(24)17-6-3/h15,18-19H,4-14,16-17,20H2,1-3H3,(H3,27,28,29,30,31,32). The maximum absolute atomic E-state index is 12.6. The molecule has 178 valence electrons. The number of benzene rings is 1. The van der Waals surface area contributed by atoms with Crippen molar-refractivity contribution in [1.82, 2.24) is 15.2 Å². The van der Waals surface area contributed by atoms with Crippen molar-refractivity contribution >= 4 is 17.7 Å². The first-order chi connectivity index (χ1) is 15.7. The van der Waals surface area contributed by atoms with Gasteiger partial charge in [0.1, 0.15) is 5.82 Å². The van der Waals surface area contributed by atoms with Gasteiger partial charge >= 0.3 is 6.03 Å². The Morgan fingerprint density at radius 2 is 1.38 bits per heavy atom. The van der Waals surface area contributed by atoms with Gasteiger partial charge in [-0.1, -0.05) is 103 Å². The average molecular weight is 442 g/mol. The first-order valence-electron chi connectivity index (χ1n) is 12.8. The lowest BCUT2D eigenvalue weighted by Crippen LogP contribution is -2.22. The number of carbonyl (C=O) groups is 1. The molecule has 0 radical (unpaired) electrons. The van der Waals surface area contributed by atoms with Gasteiger partial charge in [-0.15, -0.1) is 5.10 Å². The van der Waals surface area contributed by atoms with Crippen molar-refractivity contribution in [3.05, 3.63) is 35.2 Å². The number of aromatic amines is 1. The van der Waals surface area contributed by atoms with Gasteiger partial charge in [0.2, 0.25) is 5.95 Å². The molecule has 1 heterocycles. The minimum absolute atomic E-state index is 0.292. The van der Waals surface area contributed by atoms with Crippen LogP contribution in [0.15, 0.2) is 18.2 Å². The van der Waals surface area contributed by atoms with E-state index in [1.54, 1.807) is 0 Å². The second-order valence-electron chi connectivity index (χ2n) is 8.71. The van der Waals surface area contributed by atoms with Crippen molar-refractivity contribution in [2.45, 2.75) is 111 Å². The van der Waals surface area contributed by atoms with Crippen LogP contribution in [0.2, 0.25) is 0 Å². The number of aromatic nitrogens is 3. The third kappa shape index (κ3) is 9.41. The number of amides is 2.